The van der Waals surface area contributed by atoms with E-state index in [0.717, 1.165) is 6.07 Å². The molecule has 0 radical (unpaired) electrons. The van der Waals surface area contributed by atoms with E-state index in [2.05, 4.69) is 4.72 Å². The molecule has 0 heterocycles. The van der Waals surface area contributed by atoms with Gasteiger partial charge in [0.2, 0.25) is 10.0 Å². The topological polar surface area (TPSA) is 72.2 Å². The molecule has 0 atom stereocenters. The number of rotatable bonds is 4. The van der Waals surface area contributed by atoms with E-state index in [1.165, 1.54) is 12.1 Å². The van der Waals surface area contributed by atoms with Crippen LogP contribution in [0, 0.1) is 5.82 Å². The lowest BCUT2D eigenvalue weighted by Crippen LogP contribution is -2.29. The summed E-state index contributed by atoms with van der Waals surface area (Å²) >= 11 is 5.46. The molecule has 0 aliphatic heterocycles. The summed E-state index contributed by atoms with van der Waals surface area (Å²) in [6.45, 7) is 0.190. The summed E-state index contributed by atoms with van der Waals surface area (Å²) in [7, 11) is -3.87. The van der Waals surface area contributed by atoms with Crippen LogP contribution in [0.4, 0.5) is 4.39 Å². The molecule has 0 aliphatic rings. The van der Waals surface area contributed by atoms with Gasteiger partial charge in [0.25, 0.3) is 0 Å². The number of benzene rings is 1. The highest BCUT2D eigenvalue weighted by molar-refractivity contribution is 7.89. The van der Waals surface area contributed by atoms with Crippen LogP contribution in [0.5, 0.6) is 0 Å². The zero-order valence-corrected chi connectivity index (χ0v) is 9.28. The normalized spacial score (nSPS) is 11.7. The van der Waals surface area contributed by atoms with E-state index in [1.54, 1.807) is 0 Å². The summed E-state index contributed by atoms with van der Waals surface area (Å²) in [4.78, 5) is -0.469. The van der Waals surface area contributed by atoms with Crippen LogP contribution in [0.2, 0.25) is 5.02 Å². The van der Waals surface area contributed by atoms with Gasteiger partial charge in [-0.2, -0.15) is 0 Å². The van der Waals surface area contributed by atoms with Gasteiger partial charge in [-0.05, 0) is 12.1 Å². The fraction of sp³-hybridized carbons (Fsp3) is 0.250. The highest BCUT2D eigenvalue weighted by Crippen LogP contribution is 2.21. The largest absolute Gasteiger partial charge is 0.329 e. The van der Waals surface area contributed by atoms with Crippen LogP contribution in [0.1, 0.15) is 0 Å². The molecule has 0 spiro atoms. The minimum atomic E-state index is -3.87. The van der Waals surface area contributed by atoms with E-state index in [9.17, 15) is 12.8 Å². The molecule has 0 amide bonds. The molecule has 0 bridgehead atoms. The number of nitrogens with two attached hydrogens (primary N) is 1. The van der Waals surface area contributed by atoms with Crippen LogP contribution in [0.15, 0.2) is 23.1 Å². The van der Waals surface area contributed by atoms with Gasteiger partial charge < -0.3 is 5.73 Å². The van der Waals surface area contributed by atoms with Gasteiger partial charge in [0, 0.05) is 13.1 Å². The Morgan fingerprint density at radius 1 is 1.47 bits per heavy atom. The van der Waals surface area contributed by atoms with Crippen LogP contribution in [-0.4, -0.2) is 21.5 Å². The highest BCUT2D eigenvalue weighted by atomic mass is 35.5. The fourth-order valence-corrected chi connectivity index (χ4v) is 2.34. The van der Waals surface area contributed by atoms with E-state index < -0.39 is 20.7 Å². The number of sulfonamides is 1. The number of hydrogen-bond donors (Lipinski definition) is 2. The molecule has 84 valence electrons. The maximum absolute atomic E-state index is 13.3. The van der Waals surface area contributed by atoms with Crippen molar-refractivity contribution in [2.24, 2.45) is 5.73 Å². The van der Waals surface area contributed by atoms with Crippen LogP contribution in [0.25, 0.3) is 0 Å². The summed E-state index contributed by atoms with van der Waals surface area (Å²) in [5.74, 6) is -0.955. The van der Waals surface area contributed by atoms with Gasteiger partial charge in [-0.3, -0.25) is 0 Å². The Bertz CT molecular complexity index is 450. The van der Waals surface area contributed by atoms with Gasteiger partial charge >= 0.3 is 0 Å². The molecular formula is C8H10ClFN2O2S. The maximum Gasteiger partial charge on any atom is 0.243 e. The molecule has 3 N–H and O–H groups in total. The Morgan fingerprint density at radius 3 is 2.73 bits per heavy atom. The summed E-state index contributed by atoms with van der Waals surface area (Å²) in [5, 5.41) is -0.231. The van der Waals surface area contributed by atoms with Crippen LogP contribution in [-0.2, 0) is 10.0 Å². The summed E-state index contributed by atoms with van der Waals surface area (Å²) in [6, 6.07) is 3.78. The quantitative estimate of drug-likeness (QED) is 0.829. The van der Waals surface area contributed by atoms with Crippen molar-refractivity contribution >= 4 is 21.6 Å². The Hall–Kier alpha value is -0.690. The van der Waals surface area contributed by atoms with Crippen LogP contribution in [0.3, 0.4) is 0 Å². The summed E-state index contributed by atoms with van der Waals surface area (Å²) in [6.07, 6.45) is 0. The number of halogens is 2. The van der Waals surface area contributed by atoms with Crippen LogP contribution < -0.4 is 10.5 Å². The lowest BCUT2D eigenvalue weighted by Gasteiger charge is -2.06. The van der Waals surface area contributed by atoms with Crippen molar-refractivity contribution < 1.29 is 12.8 Å². The zero-order chi connectivity index (χ0) is 11.5. The third-order valence-electron chi connectivity index (χ3n) is 1.64. The van der Waals surface area contributed by atoms with E-state index >= 15 is 0 Å². The van der Waals surface area contributed by atoms with E-state index in [4.69, 9.17) is 17.3 Å². The third-order valence-corrected chi connectivity index (χ3v) is 3.41. The first-order chi connectivity index (χ1) is 6.99. The molecular weight excluding hydrogens is 243 g/mol. The lowest BCUT2D eigenvalue weighted by molar-refractivity contribution is 0.557. The first kappa shape index (κ1) is 12.4. The van der Waals surface area contributed by atoms with E-state index in [0.29, 0.717) is 0 Å². The van der Waals surface area contributed by atoms with E-state index in [-0.39, 0.29) is 18.1 Å². The van der Waals surface area contributed by atoms with Crippen molar-refractivity contribution in [3.63, 3.8) is 0 Å². The standard InChI is InChI=1S/C8H10ClFN2O2S/c9-6-2-1-3-7(8(6)10)15(13,14)12-5-4-11/h1-3,12H,4-5,11H2. The van der Waals surface area contributed by atoms with Crippen molar-refractivity contribution in [2.45, 2.75) is 4.90 Å². The van der Waals surface area contributed by atoms with Gasteiger partial charge in [-0.1, -0.05) is 17.7 Å². The smallest absolute Gasteiger partial charge is 0.243 e. The SMILES string of the molecule is NCCNS(=O)(=O)c1cccc(Cl)c1F. The Kier molecular flexibility index (Phi) is 4.04. The molecule has 0 saturated heterocycles. The number of nitrogens with one attached hydrogen (secondary N) is 1. The van der Waals surface area contributed by atoms with Crippen molar-refractivity contribution in [3.05, 3.63) is 29.0 Å². The molecule has 7 heteroatoms. The second kappa shape index (κ2) is 4.89. The van der Waals surface area contributed by atoms with Crippen molar-refractivity contribution in [3.8, 4) is 0 Å². The second-order valence-corrected chi connectivity index (χ2v) is 4.88. The molecule has 0 aromatic heterocycles. The Balaban J connectivity index is 3.10. The molecule has 1 rings (SSSR count). The molecule has 15 heavy (non-hydrogen) atoms. The Morgan fingerprint density at radius 2 is 2.13 bits per heavy atom. The average molecular weight is 253 g/mol. The van der Waals surface area contributed by atoms with Gasteiger partial charge in [0.05, 0.1) is 5.02 Å². The van der Waals surface area contributed by atoms with Gasteiger partial charge in [0.1, 0.15) is 4.90 Å². The molecule has 0 fully saturated rings. The first-order valence-electron chi connectivity index (χ1n) is 4.13. The van der Waals surface area contributed by atoms with Gasteiger partial charge in [-0.25, -0.2) is 17.5 Å². The summed E-state index contributed by atoms with van der Waals surface area (Å²) in [5.41, 5.74) is 5.13. The molecule has 0 unspecified atom stereocenters. The lowest BCUT2D eigenvalue weighted by atomic mass is 10.3. The third kappa shape index (κ3) is 2.88. The van der Waals surface area contributed by atoms with Crippen molar-refractivity contribution in [2.75, 3.05) is 13.1 Å². The Labute approximate surface area is 92.3 Å². The molecule has 4 nitrogen and oxygen atoms in total. The average Bonchev–Trinajstić information content (AvgIpc) is 2.19. The minimum Gasteiger partial charge on any atom is -0.329 e. The molecule has 0 aliphatic carbocycles. The minimum absolute atomic E-state index is 0.0499. The highest BCUT2D eigenvalue weighted by Gasteiger charge is 2.19. The maximum atomic E-state index is 13.3. The predicted octanol–water partition coefficient (Wildman–Crippen LogP) is 0.716. The van der Waals surface area contributed by atoms with E-state index in [1.807, 2.05) is 0 Å². The molecule has 0 saturated carbocycles. The second-order valence-electron chi connectivity index (χ2n) is 2.74. The molecule has 1 aromatic carbocycles. The monoisotopic (exact) mass is 252 g/mol. The van der Waals surface area contributed by atoms with Gasteiger partial charge in [-0.15, -0.1) is 0 Å². The fourth-order valence-electron chi connectivity index (χ4n) is 0.963. The van der Waals surface area contributed by atoms with Crippen molar-refractivity contribution in [1.82, 2.24) is 4.72 Å². The predicted molar refractivity (Wildman–Crippen MR) is 55.7 cm³/mol. The van der Waals surface area contributed by atoms with Crippen molar-refractivity contribution in [1.29, 1.82) is 0 Å². The zero-order valence-electron chi connectivity index (χ0n) is 7.70. The van der Waals surface area contributed by atoms with Crippen LogP contribution >= 0.6 is 11.6 Å². The number of hydrogen-bond acceptors (Lipinski definition) is 3. The first-order valence-corrected chi connectivity index (χ1v) is 5.99. The summed E-state index contributed by atoms with van der Waals surface area (Å²) < 4.78 is 38.5. The molecule has 1 aromatic rings. The van der Waals surface area contributed by atoms with Gasteiger partial charge in [0.15, 0.2) is 5.82 Å².